The molecular formula is C32H22N4. The fraction of sp³-hybridized carbons (Fsp3) is 0. The molecule has 0 saturated heterocycles. The number of benzene rings is 5. The molecule has 0 fully saturated rings. The van der Waals surface area contributed by atoms with Crippen molar-refractivity contribution in [3.63, 3.8) is 0 Å². The predicted molar refractivity (Wildman–Crippen MR) is 147 cm³/mol. The van der Waals surface area contributed by atoms with Gasteiger partial charge in [0.2, 0.25) is 0 Å². The van der Waals surface area contributed by atoms with Crippen LogP contribution in [-0.4, -0.2) is 19.3 Å². The molecule has 0 aliphatic carbocycles. The van der Waals surface area contributed by atoms with E-state index in [1.165, 1.54) is 21.8 Å². The largest absolute Gasteiger partial charge is 0.309 e. The second kappa shape index (κ2) is 8.36. The number of nitrogens with zero attached hydrogens (tertiary/aromatic N) is 4. The van der Waals surface area contributed by atoms with Crippen LogP contribution in [0.2, 0.25) is 0 Å². The van der Waals surface area contributed by atoms with Gasteiger partial charge < -0.3 is 4.57 Å². The van der Waals surface area contributed by atoms with Crippen LogP contribution in [0.3, 0.4) is 0 Å². The van der Waals surface area contributed by atoms with Crippen LogP contribution in [-0.2, 0) is 0 Å². The molecule has 0 bridgehead atoms. The zero-order valence-electron chi connectivity index (χ0n) is 19.5. The lowest BCUT2D eigenvalue weighted by Crippen LogP contribution is -2.00. The molecule has 2 heterocycles. The van der Waals surface area contributed by atoms with Crippen LogP contribution in [0.5, 0.6) is 0 Å². The minimum absolute atomic E-state index is 0.814. The number of fused-ring (bicyclic) bond motifs is 3. The number of hydrogen-bond donors (Lipinski definition) is 0. The van der Waals surface area contributed by atoms with Crippen molar-refractivity contribution in [1.29, 1.82) is 0 Å². The van der Waals surface area contributed by atoms with Crippen molar-refractivity contribution >= 4 is 21.8 Å². The molecule has 0 atom stereocenters. The molecule has 170 valence electrons. The molecule has 4 heteroatoms. The van der Waals surface area contributed by atoms with Crippen LogP contribution >= 0.6 is 0 Å². The van der Waals surface area contributed by atoms with Gasteiger partial charge in [0.05, 0.1) is 11.0 Å². The maximum Gasteiger partial charge on any atom is 0.168 e. The standard InChI is InChI=1S/C32H22N4/c1-3-11-23(12-4-1)31-33-34-32(36(31)25-13-5-2-6-14-25)24-19-21-26(22-20-24)35-29-17-9-7-15-27(29)28-16-8-10-18-30(28)35/h1-22H. The van der Waals surface area contributed by atoms with Gasteiger partial charge in [0, 0.05) is 33.3 Å². The predicted octanol–water partition coefficient (Wildman–Crippen LogP) is 7.70. The summed E-state index contributed by atoms with van der Waals surface area (Å²) < 4.78 is 4.45. The Morgan fingerprint density at radius 2 is 0.806 bits per heavy atom. The Morgan fingerprint density at radius 1 is 0.361 bits per heavy atom. The molecule has 0 radical (unpaired) electrons. The molecule has 0 amide bonds. The van der Waals surface area contributed by atoms with E-state index in [0.29, 0.717) is 0 Å². The molecule has 0 aliphatic rings. The first kappa shape index (κ1) is 20.4. The fourth-order valence-electron chi connectivity index (χ4n) is 5.03. The summed E-state index contributed by atoms with van der Waals surface area (Å²) in [6, 6.07) is 46.2. The molecule has 5 aromatic carbocycles. The monoisotopic (exact) mass is 462 g/mol. The summed E-state index contributed by atoms with van der Waals surface area (Å²) in [4.78, 5) is 0. The highest BCUT2D eigenvalue weighted by Crippen LogP contribution is 2.33. The molecule has 7 aromatic rings. The summed E-state index contributed by atoms with van der Waals surface area (Å²) in [7, 11) is 0. The molecule has 7 rings (SSSR count). The maximum absolute atomic E-state index is 4.64. The zero-order chi connectivity index (χ0) is 23.9. The lowest BCUT2D eigenvalue weighted by Gasteiger charge is -2.12. The van der Waals surface area contributed by atoms with Crippen molar-refractivity contribution < 1.29 is 0 Å². The lowest BCUT2D eigenvalue weighted by molar-refractivity contribution is 1.07. The topological polar surface area (TPSA) is 35.6 Å². The number of aromatic nitrogens is 4. The van der Waals surface area contributed by atoms with E-state index in [1.54, 1.807) is 0 Å². The van der Waals surface area contributed by atoms with Crippen molar-refractivity contribution in [1.82, 2.24) is 19.3 Å². The van der Waals surface area contributed by atoms with E-state index >= 15 is 0 Å². The first-order valence-electron chi connectivity index (χ1n) is 12.0. The quantitative estimate of drug-likeness (QED) is 0.269. The molecule has 0 saturated carbocycles. The molecule has 0 N–H and O–H groups in total. The van der Waals surface area contributed by atoms with Gasteiger partial charge in [-0.3, -0.25) is 4.57 Å². The Bertz CT molecular complexity index is 1760. The SMILES string of the molecule is c1ccc(-c2nnc(-c3ccc(-n4c5ccccc5c5ccccc54)cc3)n2-c2ccccc2)cc1. The van der Waals surface area contributed by atoms with Crippen LogP contribution in [0.4, 0.5) is 0 Å². The Hall–Kier alpha value is -4.96. The van der Waals surface area contributed by atoms with Gasteiger partial charge in [-0.2, -0.15) is 0 Å². The first-order chi connectivity index (χ1) is 17.9. The van der Waals surface area contributed by atoms with E-state index < -0.39 is 0 Å². The fourth-order valence-corrected chi connectivity index (χ4v) is 5.03. The van der Waals surface area contributed by atoms with E-state index in [0.717, 1.165) is 34.2 Å². The Labute approximate surface area is 208 Å². The second-order valence-electron chi connectivity index (χ2n) is 8.80. The van der Waals surface area contributed by atoms with Gasteiger partial charge in [0.25, 0.3) is 0 Å². The molecule has 36 heavy (non-hydrogen) atoms. The van der Waals surface area contributed by atoms with Crippen molar-refractivity contribution in [3.8, 4) is 34.2 Å². The van der Waals surface area contributed by atoms with Gasteiger partial charge in [0.1, 0.15) is 0 Å². The van der Waals surface area contributed by atoms with Crippen molar-refractivity contribution in [2.24, 2.45) is 0 Å². The van der Waals surface area contributed by atoms with Gasteiger partial charge >= 0.3 is 0 Å². The lowest BCUT2D eigenvalue weighted by atomic mass is 10.1. The van der Waals surface area contributed by atoms with Gasteiger partial charge in [-0.15, -0.1) is 10.2 Å². The van der Waals surface area contributed by atoms with E-state index in [4.69, 9.17) is 0 Å². The van der Waals surface area contributed by atoms with Gasteiger partial charge in [0.15, 0.2) is 11.6 Å². The smallest absolute Gasteiger partial charge is 0.168 e. The Balaban J connectivity index is 1.39. The summed E-state index contributed by atoms with van der Waals surface area (Å²) in [6.45, 7) is 0. The minimum Gasteiger partial charge on any atom is -0.309 e. The van der Waals surface area contributed by atoms with E-state index in [1.807, 2.05) is 36.4 Å². The molecule has 2 aromatic heterocycles. The highest BCUT2D eigenvalue weighted by atomic mass is 15.3. The third kappa shape index (κ3) is 3.23. The van der Waals surface area contributed by atoms with Crippen LogP contribution in [0.25, 0.3) is 56.0 Å². The average Bonchev–Trinajstić information content (AvgIpc) is 3.54. The van der Waals surface area contributed by atoms with E-state index in [9.17, 15) is 0 Å². The van der Waals surface area contributed by atoms with Gasteiger partial charge in [-0.25, -0.2) is 0 Å². The van der Waals surface area contributed by atoms with Crippen molar-refractivity contribution in [3.05, 3.63) is 133 Å². The number of hydrogen-bond acceptors (Lipinski definition) is 2. The van der Waals surface area contributed by atoms with E-state index in [2.05, 4.69) is 116 Å². The summed E-state index contributed by atoms with van der Waals surface area (Å²) in [5.74, 6) is 1.64. The third-order valence-electron chi connectivity index (χ3n) is 6.67. The molecule has 0 spiro atoms. The van der Waals surface area contributed by atoms with Crippen molar-refractivity contribution in [2.75, 3.05) is 0 Å². The Kier molecular flexibility index (Phi) is 4.74. The first-order valence-corrected chi connectivity index (χ1v) is 12.0. The zero-order valence-corrected chi connectivity index (χ0v) is 19.5. The molecule has 4 nitrogen and oxygen atoms in total. The molecule has 0 unspecified atom stereocenters. The summed E-state index contributed by atoms with van der Waals surface area (Å²) in [5, 5.41) is 11.8. The number of para-hydroxylation sites is 3. The van der Waals surface area contributed by atoms with Gasteiger partial charge in [-0.05, 0) is 48.5 Å². The summed E-state index contributed by atoms with van der Waals surface area (Å²) in [6.07, 6.45) is 0. The summed E-state index contributed by atoms with van der Waals surface area (Å²) >= 11 is 0. The van der Waals surface area contributed by atoms with Crippen LogP contribution in [0.1, 0.15) is 0 Å². The molecule has 0 aliphatic heterocycles. The van der Waals surface area contributed by atoms with Crippen LogP contribution in [0.15, 0.2) is 133 Å². The maximum atomic E-state index is 4.64. The average molecular weight is 463 g/mol. The normalized spacial score (nSPS) is 11.3. The van der Waals surface area contributed by atoms with Crippen LogP contribution < -0.4 is 0 Å². The molecular weight excluding hydrogens is 440 g/mol. The second-order valence-corrected chi connectivity index (χ2v) is 8.80. The third-order valence-corrected chi connectivity index (χ3v) is 6.67. The van der Waals surface area contributed by atoms with E-state index in [-0.39, 0.29) is 0 Å². The van der Waals surface area contributed by atoms with Crippen molar-refractivity contribution in [2.45, 2.75) is 0 Å². The highest BCUT2D eigenvalue weighted by molar-refractivity contribution is 6.09. The van der Waals surface area contributed by atoms with Crippen LogP contribution in [0, 0.1) is 0 Å². The minimum atomic E-state index is 0.814. The van der Waals surface area contributed by atoms with Gasteiger partial charge in [-0.1, -0.05) is 84.9 Å². The summed E-state index contributed by atoms with van der Waals surface area (Å²) in [5.41, 5.74) is 6.59. The highest BCUT2D eigenvalue weighted by Gasteiger charge is 2.17. The Morgan fingerprint density at radius 3 is 1.39 bits per heavy atom. The number of rotatable bonds is 4.